The molecule has 4 nitrogen and oxygen atoms in total. The Balaban J connectivity index is 2.16. The first kappa shape index (κ1) is 15.3. The van der Waals surface area contributed by atoms with E-state index in [1.54, 1.807) is 0 Å². The number of carbonyl (C=O) groups is 1. The van der Waals surface area contributed by atoms with Crippen LogP contribution in [0.4, 0.5) is 0 Å². The molecule has 0 radical (unpaired) electrons. The highest BCUT2D eigenvalue weighted by molar-refractivity contribution is 6.30. The van der Waals surface area contributed by atoms with Crippen LogP contribution in [-0.4, -0.2) is 43.8 Å². The maximum absolute atomic E-state index is 11.8. The lowest BCUT2D eigenvalue weighted by Gasteiger charge is -2.34. The van der Waals surface area contributed by atoms with E-state index in [9.17, 15) is 4.79 Å². The van der Waals surface area contributed by atoms with Crippen LogP contribution in [0.25, 0.3) is 0 Å². The lowest BCUT2D eigenvalue weighted by Crippen LogP contribution is -2.40. The summed E-state index contributed by atoms with van der Waals surface area (Å²) in [7, 11) is 0. The summed E-state index contributed by atoms with van der Waals surface area (Å²) in [5, 5.41) is 0.685. The van der Waals surface area contributed by atoms with Crippen molar-refractivity contribution in [1.82, 2.24) is 4.90 Å². The Labute approximate surface area is 124 Å². The number of hydrogen-bond donors (Lipinski definition) is 0. The van der Waals surface area contributed by atoms with Crippen molar-refractivity contribution in [1.29, 1.82) is 0 Å². The predicted octanol–water partition coefficient (Wildman–Crippen LogP) is 2.67. The Kier molecular flexibility index (Phi) is 5.83. The van der Waals surface area contributed by atoms with Gasteiger partial charge in [0.2, 0.25) is 0 Å². The molecular formula is C15H20ClNO3. The fourth-order valence-corrected chi connectivity index (χ4v) is 2.64. The molecule has 1 unspecified atom stereocenters. The van der Waals surface area contributed by atoms with Crippen molar-refractivity contribution in [3.63, 3.8) is 0 Å². The SMILES string of the molecule is CCOC(=O)CC(c1cccc(Cl)c1)N1CCOCC1. The minimum atomic E-state index is -0.177. The van der Waals surface area contributed by atoms with Crippen LogP contribution in [0, 0.1) is 0 Å². The highest BCUT2D eigenvalue weighted by atomic mass is 35.5. The van der Waals surface area contributed by atoms with Gasteiger partial charge in [-0.3, -0.25) is 9.69 Å². The number of rotatable bonds is 5. The Hall–Kier alpha value is -1.10. The quantitative estimate of drug-likeness (QED) is 0.783. The number of nitrogens with zero attached hydrogens (tertiary/aromatic N) is 1. The Bertz CT molecular complexity index is 446. The van der Waals surface area contributed by atoms with Gasteiger partial charge < -0.3 is 9.47 Å². The van der Waals surface area contributed by atoms with E-state index >= 15 is 0 Å². The van der Waals surface area contributed by atoms with Crippen LogP contribution in [0.2, 0.25) is 5.02 Å². The molecule has 2 rings (SSSR count). The second-order valence-corrected chi connectivity index (χ2v) is 5.16. The molecule has 1 heterocycles. The molecule has 0 saturated carbocycles. The molecule has 0 spiro atoms. The van der Waals surface area contributed by atoms with Crippen molar-refractivity contribution < 1.29 is 14.3 Å². The zero-order valence-corrected chi connectivity index (χ0v) is 12.4. The predicted molar refractivity (Wildman–Crippen MR) is 77.8 cm³/mol. The molecule has 5 heteroatoms. The second kappa shape index (κ2) is 7.62. The van der Waals surface area contributed by atoms with E-state index in [1.807, 2.05) is 31.2 Å². The monoisotopic (exact) mass is 297 g/mol. The molecule has 0 amide bonds. The number of carbonyl (C=O) groups excluding carboxylic acids is 1. The molecule has 0 N–H and O–H groups in total. The maximum atomic E-state index is 11.8. The van der Waals surface area contributed by atoms with E-state index in [-0.39, 0.29) is 12.0 Å². The number of morpholine rings is 1. The molecule has 20 heavy (non-hydrogen) atoms. The summed E-state index contributed by atoms with van der Waals surface area (Å²) in [5.41, 5.74) is 1.05. The normalized spacial score (nSPS) is 17.7. The molecule has 0 aromatic heterocycles. The number of benzene rings is 1. The van der Waals surface area contributed by atoms with Crippen molar-refractivity contribution in [2.75, 3.05) is 32.9 Å². The molecular weight excluding hydrogens is 278 g/mol. The topological polar surface area (TPSA) is 38.8 Å². The van der Waals surface area contributed by atoms with Gasteiger partial charge in [-0.25, -0.2) is 0 Å². The maximum Gasteiger partial charge on any atom is 0.307 e. The van der Waals surface area contributed by atoms with Crippen LogP contribution in [0.1, 0.15) is 24.9 Å². The second-order valence-electron chi connectivity index (χ2n) is 4.73. The fraction of sp³-hybridized carbons (Fsp3) is 0.533. The lowest BCUT2D eigenvalue weighted by atomic mass is 10.0. The highest BCUT2D eigenvalue weighted by Gasteiger charge is 2.25. The zero-order chi connectivity index (χ0) is 14.4. The van der Waals surface area contributed by atoms with Gasteiger partial charge in [0.05, 0.1) is 26.2 Å². The first-order chi connectivity index (χ1) is 9.70. The van der Waals surface area contributed by atoms with E-state index in [0.29, 0.717) is 31.3 Å². The molecule has 1 aromatic rings. The molecule has 1 aromatic carbocycles. The standard InChI is InChI=1S/C15H20ClNO3/c1-2-20-15(18)11-14(17-6-8-19-9-7-17)12-4-3-5-13(16)10-12/h3-5,10,14H,2,6-9,11H2,1H3. The lowest BCUT2D eigenvalue weighted by molar-refractivity contribution is -0.145. The summed E-state index contributed by atoms with van der Waals surface area (Å²) < 4.78 is 10.5. The molecule has 1 aliphatic heterocycles. The van der Waals surface area contributed by atoms with Crippen molar-refractivity contribution >= 4 is 17.6 Å². The number of hydrogen-bond acceptors (Lipinski definition) is 4. The van der Waals surface area contributed by atoms with E-state index < -0.39 is 0 Å². The van der Waals surface area contributed by atoms with Crippen LogP contribution < -0.4 is 0 Å². The Morgan fingerprint density at radius 2 is 2.20 bits per heavy atom. The molecule has 1 atom stereocenters. The van der Waals surface area contributed by atoms with Crippen molar-refractivity contribution in [3.05, 3.63) is 34.9 Å². The molecule has 0 aliphatic carbocycles. The number of halogens is 1. The van der Waals surface area contributed by atoms with Crippen LogP contribution >= 0.6 is 11.6 Å². The third-order valence-electron chi connectivity index (χ3n) is 3.39. The minimum Gasteiger partial charge on any atom is -0.466 e. The third kappa shape index (κ3) is 4.20. The van der Waals surface area contributed by atoms with Gasteiger partial charge in [-0.15, -0.1) is 0 Å². The summed E-state index contributed by atoms with van der Waals surface area (Å²) in [6.45, 7) is 5.25. The molecule has 110 valence electrons. The summed E-state index contributed by atoms with van der Waals surface area (Å²) >= 11 is 6.07. The van der Waals surface area contributed by atoms with Gasteiger partial charge in [-0.1, -0.05) is 23.7 Å². The molecule has 1 saturated heterocycles. The molecule has 1 aliphatic rings. The molecule has 1 fully saturated rings. The average molecular weight is 298 g/mol. The first-order valence-corrected chi connectivity index (χ1v) is 7.31. The van der Waals surface area contributed by atoms with Crippen LogP contribution in [0.5, 0.6) is 0 Å². The number of esters is 1. The zero-order valence-electron chi connectivity index (χ0n) is 11.7. The summed E-state index contributed by atoms with van der Waals surface area (Å²) in [5.74, 6) is -0.177. The van der Waals surface area contributed by atoms with Gasteiger partial charge in [0, 0.05) is 24.2 Å². The van der Waals surface area contributed by atoms with Gasteiger partial charge in [0.1, 0.15) is 0 Å². The largest absolute Gasteiger partial charge is 0.466 e. The first-order valence-electron chi connectivity index (χ1n) is 6.93. The summed E-state index contributed by atoms with van der Waals surface area (Å²) in [6.07, 6.45) is 0.341. The molecule has 0 bridgehead atoms. The number of ether oxygens (including phenoxy) is 2. The summed E-state index contributed by atoms with van der Waals surface area (Å²) in [6, 6.07) is 7.67. The Morgan fingerprint density at radius 3 is 2.85 bits per heavy atom. The third-order valence-corrected chi connectivity index (χ3v) is 3.62. The van der Waals surface area contributed by atoms with Crippen molar-refractivity contribution in [2.45, 2.75) is 19.4 Å². The van der Waals surface area contributed by atoms with E-state index in [2.05, 4.69) is 4.90 Å². The highest BCUT2D eigenvalue weighted by Crippen LogP contribution is 2.27. The van der Waals surface area contributed by atoms with E-state index in [0.717, 1.165) is 18.7 Å². The van der Waals surface area contributed by atoms with Crippen LogP contribution in [-0.2, 0) is 14.3 Å². The van der Waals surface area contributed by atoms with Gasteiger partial charge >= 0.3 is 5.97 Å². The van der Waals surface area contributed by atoms with E-state index in [4.69, 9.17) is 21.1 Å². The van der Waals surface area contributed by atoms with Gasteiger partial charge in [-0.05, 0) is 24.6 Å². The van der Waals surface area contributed by atoms with Gasteiger partial charge in [-0.2, -0.15) is 0 Å². The van der Waals surface area contributed by atoms with Gasteiger partial charge in [0.25, 0.3) is 0 Å². The van der Waals surface area contributed by atoms with Crippen LogP contribution in [0.15, 0.2) is 24.3 Å². The van der Waals surface area contributed by atoms with Crippen LogP contribution in [0.3, 0.4) is 0 Å². The minimum absolute atomic E-state index is 0.00310. The van der Waals surface area contributed by atoms with Crippen molar-refractivity contribution in [3.8, 4) is 0 Å². The van der Waals surface area contributed by atoms with Crippen molar-refractivity contribution in [2.24, 2.45) is 0 Å². The smallest absolute Gasteiger partial charge is 0.307 e. The average Bonchev–Trinajstić information content (AvgIpc) is 2.46. The fourth-order valence-electron chi connectivity index (χ4n) is 2.44. The van der Waals surface area contributed by atoms with E-state index in [1.165, 1.54) is 0 Å². The Morgan fingerprint density at radius 1 is 1.45 bits per heavy atom. The van der Waals surface area contributed by atoms with Gasteiger partial charge in [0.15, 0.2) is 0 Å². The summed E-state index contributed by atoms with van der Waals surface area (Å²) in [4.78, 5) is 14.1.